The maximum absolute atomic E-state index is 11.1. The quantitative estimate of drug-likeness (QED) is 0.618. The number of methoxy groups -OCH3 is 1. The summed E-state index contributed by atoms with van der Waals surface area (Å²) < 4.78 is 4.62. The molecule has 0 N–H and O–H groups in total. The molecule has 2 bridgehead atoms. The Kier molecular flexibility index (Phi) is 3.59. The van der Waals surface area contributed by atoms with Crippen LogP contribution in [0.15, 0.2) is 17.4 Å². The Balaban J connectivity index is 1.68. The van der Waals surface area contributed by atoms with E-state index in [0.717, 1.165) is 23.3 Å². The standard InChI is InChI=1S/C13H17N3O2S/c1-18-13(17)8-19-12-6-14-5-11(15-12)16-7-9-2-3-10(16)4-9/h5-6,9-10H,2-4,7-8H2,1H3. The van der Waals surface area contributed by atoms with Crippen LogP contribution in [0, 0.1) is 5.92 Å². The molecule has 102 valence electrons. The second kappa shape index (κ2) is 5.36. The summed E-state index contributed by atoms with van der Waals surface area (Å²) in [5.74, 6) is 1.82. The zero-order valence-corrected chi connectivity index (χ0v) is 11.7. The lowest BCUT2D eigenvalue weighted by Crippen LogP contribution is -2.32. The minimum absolute atomic E-state index is 0.238. The number of ether oxygens (including phenoxy) is 1. The molecule has 0 amide bonds. The van der Waals surface area contributed by atoms with E-state index in [1.165, 1.54) is 38.1 Å². The van der Waals surface area contributed by atoms with Gasteiger partial charge in [-0.25, -0.2) is 4.98 Å². The van der Waals surface area contributed by atoms with Crippen LogP contribution in [0.2, 0.25) is 0 Å². The van der Waals surface area contributed by atoms with Gasteiger partial charge in [-0.05, 0) is 25.2 Å². The van der Waals surface area contributed by atoms with E-state index in [1.807, 2.05) is 6.20 Å². The Morgan fingerprint density at radius 2 is 2.42 bits per heavy atom. The number of thioether (sulfide) groups is 1. The first-order chi connectivity index (χ1) is 9.26. The fraction of sp³-hybridized carbons (Fsp3) is 0.615. The van der Waals surface area contributed by atoms with Gasteiger partial charge in [0.25, 0.3) is 0 Å². The zero-order valence-electron chi connectivity index (χ0n) is 10.9. The molecule has 1 aromatic heterocycles. The lowest BCUT2D eigenvalue weighted by Gasteiger charge is -2.27. The van der Waals surface area contributed by atoms with Crippen molar-refractivity contribution in [1.29, 1.82) is 0 Å². The van der Waals surface area contributed by atoms with Gasteiger partial charge in [0.1, 0.15) is 10.8 Å². The van der Waals surface area contributed by atoms with Crippen LogP contribution in [0.4, 0.5) is 5.82 Å². The topological polar surface area (TPSA) is 55.3 Å². The summed E-state index contributed by atoms with van der Waals surface area (Å²) in [6.45, 7) is 1.10. The van der Waals surface area contributed by atoms with Crippen molar-refractivity contribution in [3.8, 4) is 0 Å². The smallest absolute Gasteiger partial charge is 0.316 e. The van der Waals surface area contributed by atoms with Gasteiger partial charge in [0, 0.05) is 12.6 Å². The van der Waals surface area contributed by atoms with E-state index in [4.69, 9.17) is 0 Å². The van der Waals surface area contributed by atoms with E-state index in [1.54, 1.807) is 6.20 Å². The number of carbonyl (C=O) groups is 1. The minimum atomic E-state index is -0.238. The number of fused-ring (bicyclic) bond motifs is 2. The van der Waals surface area contributed by atoms with Crippen LogP contribution < -0.4 is 4.90 Å². The van der Waals surface area contributed by atoms with E-state index in [-0.39, 0.29) is 11.7 Å². The molecule has 1 saturated heterocycles. The van der Waals surface area contributed by atoms with Crippen molar-refractivity contribution < 1.29 is 9.53 Å². The highest BCUT2D eigenvalue weighted by Gasteiger charge is 2.38. The third-order valence-electron chi connectivity index (χ3n) is 3.87. The fourth-order valence-corrected chi connectivity index (χ4v) is 3.62. The lowest BCUT2D eigenvalue weighted by atomic mass is 10.1. The van der Waals surface area contributed by atoms with Crippen LogP contribution in [0.25, 0.3) is 0 Å². The van der Waals surface area contributed by atoms with E-state index >= 15 is 0 Å². The van der Waals surface area contributed by atoms with Gasteiger partial charge in [0.15, 0.2) is 0 Å². The molecular weight excluding hydrogens is 262 g/mol. The van der Waals surface area contributed by atoms with Gasteiger partial charge in [0.2, 0.25) is 0 Å². The summed E-state index contributed by atoms with van der Waals surface area (Å²) in [5.41, 5.74) is 0. The number of hydrogen-bond acceptors (Lipinski definition) is 6. The zero-order chi connectivity index (χ0) is 13.2. The van der Waals surface area contributed by atoms with Crippen LogP contribution in [0.3, 0.4) is 0 Å². The van der Waals surface area contributed by atoms with Crippen LogP contribution >= 0.6 is 11.8 Å². The SMILES string of the molecule is COC(=O)CSc1cncc(N2CC3CCC2C3)n1. The molecule has 1 saturated carbocycles. The molecule has 0 aromatic carbocycles. The van der Waals surface area contributed by atoms with Crippen molar-refractivity contribution >= 4 is 23.5 Å². The van der Waals surface area contributed by atoms with Crippen molar-refractivity contribution in [2.24, 2.45) is 5.92 Å². The normalized spacial score (nSPS) is 24.8. The molecule has 3 rings (SSSR count). The lowest BCUT2D eigenvalue weighted by molar-refractivity contribution is -0.137. The average molecular weight is 279 g/mol. The maximum Gasteiger partial charge on any atom is 0.316 e. The summed E-state index contributed by atoms with van der Waals surface area (Å²) >= 11 is 1.37. The number of aromatic nitrogens is 2. The average Bonchev–Trinajstić information content (AvgIpc) is 3.07. The molecule has 1 aliphatic carbocycles. The molecule has 2 atom stereocenters. The van der Waals surface area contributed by atoms with Crippen molar-refractivity contribution in [2.45, 2.75) is 30.3 Å². The molecule has 2 aliphatic rings. The second-order valence-electron chi connectivity index (χ2n) is 5.07. The molecule has 0 spiro atoms. The number of rotatable bonds is 4. The summed E-state index contributed by atoms with van der Waals surface area (Å²) in [6, 6.07) is 0.639. The number of esters is 1. The number of piperidine rings is 1. The van der Waals surface area contributed by atoms with Gasteiger partial charge < -0.3 is 9.64 Å². The van der Waals surface area contributed by atoms with Crippen LogP contribution in [0.1, 0.15) is 19.3 Å². The van der Waals surface area contributed by atoms with Crippen molar-refractivity contribution in [3.63, 3.8) is 0 Å². The highest BCUT2D eigenvalue weighted by molar-refractivity contribution is 7.99. The molecule has 5 nitrogen and oxygen atoms in total. The maximum atomic E-state index is 11.1. The highest BCUT2D eigenvalue weighted by Crippen LogP contribution is 2.39. The number of carbonyl (C=O) groups excluding carboxylic acids is 1. The Hall–Kier alpha value is -1.30. The van der Waals surface area contributed by atoms with Gasteiger partial charge >= 0.3 is 5.97 Å². The molecule has 19 heavy (non-hydrogen) atoms. The van der Waals surface area contributed by atoms with Crippen LogP contribution in [-0.2, 0) is 9.53 Å². The first kappa shape index (κ1) is 12.7. The minimum Gasteiger partial charge on any atom is -0.468 e. The number of nitrogens with zero attached hydrogens (tertiary/aromatic N) is 3. The first-order valence-corrected chi connectivity index (χ1v) is 7.53. The summed E-state index contributed by atoms with van der Waals surface area (Å²) in [4.78, 5) is 22.3. The predicted molar refractivity (Wildman–Crippen MR) is 73.2 cm³/mol. The molecular formula is C13H17N3O2S. The molecule has 2 unspecified atom stereocenters. The monoisotopic (exact) mass is 279 g/mol. The molecule has 1 aliphatic heterocycles. The fourth-order valence-electron chi connectivity index (χ4n) is 2.94. The van der Waals surface area contributed by atoms with Gasteiger partial charge in [0.05, 0.1) is 25.3 Å². The first-order valence-electron chi connectivity index (χ1n) is 6.54. The molecule has 6 heteroatoms. The third kappa shape index (κ3) is 2.68. The third-order valence-corrected chi connectivity index (χ3v) is 4.74. The van der Waals surface area contributed by atoms with E-state index < -0.39 is 0 Å². The second-order valence-corrected chi connectivity index (χ2v) is 6.06. The number of anilines is 1. The van der Waals surface area contributed by atoms with Crippen molar-refractivity contribution in [1.82, 2.24) is 9.97 Å². The molecule has 2 fully saturated rings. The van der Waals surface area contributed by atoms with Crippen LogP contribution in [-0.4, -0.2) is 41.4 Å². The molecule has 0 radical (unpaired) electrons. The Labute approximate surface area is 116 Å². The Morgan fingerprint density at radius 1 is 1.53 bits per heavy atom. The summed E-state index contributed by atoms with van der Waals surface area (Å²) in [5, 5.41) is 0.783. The Bertz CT molecular complexity index is 483. The van der Waals surface area contributed by atoms with Gasteiger partial charge in [-0.2, -0.15) is 0 Å². The summed E-state index contributed by atoms with van der Waals surface area (Å²) in [7, 11) is 1.39. The highest BCUT2D eigenvalue weighted by atomic mass is 32.2. The number of hydrogen-bond donors (Lipinski definition) is 0. The van der Waals surface area contributed by atoms with Crippen molar-refractivity contribution in [2.75, 3.05) is 24.3 Å². The van der Waals surface area contributed by atoms with Gasteiger partial charge in [-0.1, -0.05) is 11.8 Å². The van der Waals surface area contributed by atoms with Crippen LogP contribution in [0.5, 0.6) is 0 Å². The van der Waals surface area contributed by atoms with E-state index in [2.05, 4.69) is 19.6 Å². The Morgan fingerprint density at radius 3 is 3.11 bits per heavy atom. The molecule has 1 aromatic rings. The van der Waals surface area contributed by atoms with Gasteiger partial charge in [-0.15, -0.1) is 0 Å². The van der Waals surface area contributed by atoms with Gasteiger partial charge in [-0.3, -0.25) is 9.78 Å². The van der Waals surface area contributed by atoms with E-state index in [0.29, 0.717) is 6.04 Å². The summed E-state index contributed by atoms with van der Waals surface area (Å²) in [6.07, 6.45) is 7.44. The predicted octanol–water partition coefficient (Wildman–Crippen LogP) is 1.73. The largest absolute Gasteiger partial charge is 0.468 e. The van der Waals surface area contributed by atoms with Crippen molar-refractivity contribution in [3.05, 3.63) is 12.4 Å². The van der Waals surface area contributed by atoms with E-state index in [9.17, 15) is 4.79 Å². The molecule has 2 heterocycles.